The Morgan fingerprint density at radius 2 is 2.04 bits per heavy atom. The van der Waals surface area contributed by atoms with E-state index in [-0.39, 0.29) is 11.9 Å². The van der Waals surface area contributed by atoms with Crippen LogP contribution in [-0.4, -0.2) is 27.9 Å². The number of nitrogens with one attached hydrogen (secondary N) is 1. The Hall–Kier alpha value is -1.82. The maximum Gasteiger partial charge on any atom is 0.277 e. The highest BCUT2D eigenvalue weighted by molar-refractivity contribution is 7.99. The Labute approximate surface area is 146 Å². The summed E-state index contributed by atoms with van der Waals surface area (Å²) >= 11 is 1.28. The van der Waals surface area contributed by atoms with Crippen molar-refractivity contribution in [2.24, 2.45) is 11.8 Å². The van der Waals surface area contributed by atoms with Crippen molar-refractivity contribution in [2.75, 3.05) is 5.75 Å². The van der Waals surface area contributed by atoms with Gasteiger partial charge in [0.1, 0.15) is 0 Å². The first-order valence-electron chi connectivity index (χ1n) is 8.44. The normalized spacial score (nSPS) is 23.8. The maximum atomic E-state index is 12.2. The molecule has 1 aliphatic rings. The van der Waals surface area contributed by atoms with Crippen molar-refractivity contribution in [1.29, 1.82) is 0 Å². The van der Waals surface area contributed by atoms with Gasteiger partial charge in [-0.25, -0.2) is 0 Å². The van der Waals surface area contributed by atoms with Crippen LogP contribution in [-0.2, 0) is 4.79 Å². The summed E-state index contributed by atoms with van der Waals surface area (Å²) in [7, 11) is 0. The van der Waals surface area contributed by atoms with Crippen molar-refractivity contribution in [3.63, 3.8) is 0 Å². The summed E-state index contributed by atoms with van der Waals surface area (Å²) in [5, 5.41) is 11.6. The van der Waals surface area contributed by atoms with Crippen molar-refractivity contribution in [2.45, 2.75) is 44.4 Å². The van der Waals surface area contributed by atoms with E-state index in [0.717, 1.165) is 12.0 Å². The molecule has 24 heavy (non-hydrogen) atoms. The van der Waals surface area contributed by atoms with Gasteiger partial charge in [-0.3, -0.25) is 4.79 Å². The van der Waals surface area contributed by atoms with Crippen LogP contribution in [0.5, 0.6) is 0 Å². The van der Waals surface area contributed by atoms with Crippen molar-refractivity contribution in [3.8, 4) is 11.5 Å². The number of aromatic nitrogens is 2. The Morgan fingerprint density at radius 3 is 2.83 bits per heavy atom. The third-order valence-corrected chi connectivity index (χ3v) is 5.63. The first-order chi connectivity index (χ1) is 11.6. The second-order valence-corrected chi connectivity index (χ2v) is 7.40. The fourth-order valence-electron chi connectivity index (χ4n) is 3.13. The molecule has 5 nitrogen and oxygen atoms in total. The molecule has 0 spiro atoms. The molecule has 1 heterocycles. The highest BCUT2D eigenvalue weighted by Gasteiger charge is 2.28. The molecule has 1 saturated carbocycles. The van der Waals surface area contributed by atoms with E-state index in [1.54, 1.807) is 0 Å². The molecule has 0 radical (unpaired) electrons. The fraction of sp³-hybridized carbons (Fsp3) is 0.500. The number of nitrogens with zero attached hydrogens (tertiary/aromatic N) is 2. The lowest BCUT2D eigenvalue weighted by atomic mass is 9.78. The van der Waals surface area contributed by atoms with Gasteiger partial charge in [0.25, 0.3) is 5.22 Å². The van der Waals surface area contributed by atoms with Crippen LogP contribution >= 0.6 is 11.8 Å². The zero-order chi connectivity index (χ0) is 16.9. The lowest BCUT2D eigenvalue weighted by molar-refractivity contribution is -0.120. The topological polar surface area (TPSA) is 68.0 Å². The molecule has 0 aliphatic heterocycles. The molecule has 1 N–H and O–H groups in total. The summed E-state index contributed by atoms with van der Waals surface area (Å²) in [4.78, 5) is 12.2. The molecule has 128 valence electrons. The van der Waals surface area contributed by atoms with Gasteiger partial charge < -0.3 is 9.73 Å². The van der Waals surface area contributed by atoms with E-state index in [0.29, 0.717) is 28.7 Å². The monoisotopic (exact) mass is 345 g/mol. The van der Waals surface area contributed by atoms with Crippen molar-refractivity contribution >= 4 is 17.7 Å². The van der Waals surface area contributed by atoms with Crippen LogP contribution in [0.25, 0.3) is 11.5 Å². The van der Waals surface area contributed by atoms with Crippen LogP contribution < -0.4 is 5.32 Å². The molecule has 6 heteroatoms. The Morgan fingerprint density at radius 1 is 1.25 bits per heavy atom. The Kier molecular flexibility index (Phi) is 5.56. The highest BCUT2D eigenvalue weighted by atomic mass is 32.2. The number of hydrogen-bond acceptors (Lipinski definition) is 5. The first kappa shape index (κ1) is 17.0. The van der Waals surface area contributed by atoms with Crippen LogP contribution in [0.1, 0.15) is 33.1 Å². The lowest BCUT2D eigenvalue weighted by Gasteiger charge is -2.34. The summed E-state index contributed by atoms with van der Waals surface area (Å²) in [6.45, 7) is 4.49. The van der Waals surface area contributed by atoms with Gasteiger partial charge in [-0.15, -0.1) is 10.2 Å². The highest BCUT2D eigenvalue weighted by Crippen LogP contribution is 2.29. The summed E-state index contributed by atoms with van der Waals surface area (Å²) in [5.74, 6) is 2.01. The molecule has 1 amide bonds. The maximum absolute atomic E-state index is 12.2. The minimum atomic E-state index is 0.0328. The number of hydrogen-bond donors (Lipinski definition) is 1. The first-order valence-corrected chi connectivity index (χ1v) is 9.43. The largest absolute Gasteiger partial charge is 0.411 e. The van der Waals surface area contributed by atoms with E-state index in [1.807, 2.05) is 30.3 Å². The molecule has 1 aromatic heterocycles. The van der Waals surface area contributed by atoms with Crippen molar-refractivity contribution < 1.29 is 9.21 Å². The average molecular weight is 345 g/mol. The standard InChI is InChI=1S/C18H23N3O2S/c1-12-7-6-10-15(13(12)2)19-16(22)11-24-18-21-20-17(23-18)14-8-4-3-5-9-14/h3-5,8-9,12-13,15H,6-7,10-11H2,1-2H3,(H,19,22)/t12-,13+,15+/m1/s1. The zero-order valence-corrected chi connectivity index (χ0v) is 14.9. The summed E-state index contributed by atoms with van der Waals surface area (Å²) < 4.78 is 5.61. The van der Waals surface area contributed by atoms with E-state index < -0.39 is 0 Å². The van der Waals surface area contributed by atoms with Crippen LogP contribution in [0.3, 0.4) is 0 Å². The third-order valence-electron chi connectivity index (χ3n) is 4.81. The second kappa shape index (κ2) is 7.83. The molecule has 3 rings (SSSR count). The van der Waals surface area contributed by atoms with Gasteiger partial charge in [-0.2, -0.15) is 0 Å². The number of carbonyl (C=O) groups excluding carboxylic acids is 1. The number of carbonyl (C=O) groups is 1. The number of thioether (sulfide) groups is 1. The van der Waals surface area contributed by atoms with Crippen LogP contribution in [0.15, 0.2) is 40.0 Å². The number of rotatable bonds is 5. The average Bonchev–Trinajstić information content (AvgIpc) is 3.07. The molecule has 3 atom stereocenters. The van der Waals surface area contributed by atoms with Gasteiger partial charge in [0, 0.05) is 11.6 Å². The van der Waals surface area contributed by atoms with Crippen molar-refractivity contribution in [3.05, 3.63) is 30.3 Å². The SMILES string of the molecule is C[C@H]1[C@H](C)CCC[C@@H]1NC(=O)CSc1nnc(-c2ccccc2)o1. The second-order valence-electron chi connectivity index (χ2n) is 6.47. The van der Waals surface area contributed by atoms with Crippen LogP contribution in [0.4, 0.5) is 0 Å². The van der Waals surface area contributed by atoms with Crippen molar-refractivity contribution in [1.82, 2.24) is 15.5 Å². The quantitative estimate of drug-likeness (QED) is 0.836. The van der Waals surface area contributed by atoms with E-state index in [2.05, 4.69) is 29.4 Å². The molecule has 1 aliphatic carbocycles. The predicted molar refractivity (Wildman–Crippen MR) is 94.6 cm³/mol. The molecule has 0 unspecified atom stereocenters. The summed E-state index contributed by atoms with van der Waals surface area (Å²) in [5.41, 5.74) is 0.881. The predicted octanol–water partition coefficient (Wildman–Crippen LogP) is 3.77. The fourth-order valence-corrected chi connectivity index (χ4v) is 3.70. The lowest BCUT2D eigenvalue weighted by Crippen LogP contribution is -2.44. The van der Waals surface area contributed by atoms with Gasteiger partial charge >= 0.3 is 0 Å². The van der Waals surface area contributed by atoms with Crippen LogP contribution in [0, 0.1) is 11.8 Å². The minimum absolute atomic E-state index is 0.0328. The molecule has 0 saturated heterocycles. The van der Waals surface area contributed by atoms with Gasteiger partial charge in [-0.05, 0) is 30.4 Å². The van der Waals surface area contributed by atoms with Gasteiger partial charge in [0.05, 0.1) is 5.75 Å². The number of amides is 1. The molecular formula is C18H23N3O2S. The van der Waals surface area contributed by atoms with E-state index in [1.165, 1.54) is 24.6 Å². The zero-order valence-electron chi connectivity index (χ0n) is 14.1. The Balaban J connectivity index is 1.51. The molecular weight excluding hydrogens is 322 g/mol. The van der Waals surface area contributed by atoms with Crippen LogP contribution in [0.2, 0.25) is 0 Å². The third kappa shape index (κ3) is 4.17. The van der Waals surface area contributed by atoms with Gasteiger partial charge in [0.15, 0.2) is 0 Å². The summed E-state index contributed by atoms with van der Waals surface area (Å²) in [6.07, 6.45) is 3.51. The van der Waals surface area contributed by atoms with E-state index in [9.17, 15) is 4.79 Å². The van der Waals surface area contributed by atoms with E-state index >= 15 is 0 Å². The minimum Gasteiger partial charge on any atom is -0.411 e. The van der Waals surface area contributed by atoms with Gasteiger partial charge in [-0.1, -0.05) is 56.7 Å². The molecule has 1 fully saturated rings. The molecule has 2 aromatic rings. The Bertz CT molecular complexity index is 674. The summed E-state index contributed by atoms with van der Waals surface area (Å²) in [6, 6.07) is 9.90. The smallest absolute Gasteiger partial charge is 0.277 e. The molecule has 1 aromatic carbocycles. The number of benzene rings is 1. The van der Waals surface area contributed by atoms with Gasteiger partial charge in [0.2, 0.25) is 11.8 Å². The van der Waals surface area contributed by atoms with E-state index in [4.69, 9.17) is 4.42 Å². The molecule has 0 bridgehead atoms.